The first-order valence-corrected chi connectivity index (χ1v) is 6.27. The lowest BCUT2D eigenvalue weighted by Crippen LogP contribution is -2.43. The molecule has 0 bridgehead atoms. The third-order valence-electron chi connectivity index (χ3n) is 3.24. The van der Waals surface area contributed by atoms with Gasteiger partial charge in [0.15, 0.2) is 0 Å². The molecule has 1 N–H and O–H groups in total. The van der Waals surface area contributed by atoms with E-state index in [4.69, 9.17) is 4.74 Å². The van der Waals surface area contributed by atoms with Crippen LogP contribution < -0.4 is 5.32 Å². The summed E-state index contributed by atoms with van der Waals surface area (Å²) in [4.78, 5) is 0. The summed E-state index contributed by atoms with van der Waals surface area (Å²) in [5.74, 6) is 0. The lowest BCUT2D eigenvalue weighted by atomic mass is 9.98. The summed E-state index contributed by atoms with van der Waals surface area (Å²) in [6.45, 7) is 12.1. The Labute approximate surface area is 94.8 Å². The fraction of sp³-hybridized carbons (Fsp3) is 1.00. The molecule has 90 valence electrons. The first-order chi connectivity index (χ1) is 6.85. The Morgan fingerprint density at radius 2 is 2.07 bits per heavy atom. The topological polar surface area (TPSA) is 21.3 Å². The van der Waals surface area contributed by atoms with Crippen LogP contribution in [-0.4, -0.2) is 23.8 Å². The molecule has 1 aliphatic rings. The Bertz CT molecular complexity index is 199. The van der Waals surface area contributed by atoms with Crippen molar-refractivity contribution in [2.75, 3.05) is 6.54 Å². The third kappa shape index (κ3) is 4.52. The van der Waals surface area contributed by atoms with Crippen LogP contribution >= 0.6 is 0 Å². The zero-order chi connectivity index (χ0) is 11.5. The average Bonchev–Trinajstić information content (AvgIpc) is 2.42. The van der Waals surface area contributed by atoms with E-state index in [9.17, 15) is 0 Å². The predicted octanol–water partition coefficient (Wildman–Crippen LogP) is 3.11. The Hall–Kier alpha value is -0.0800. The van der Waals surface area contributed by atoms with E-state index in [1.54, 1.807) is 0 Å². The molecule has 0 radical (unpaired) electrons. The van der Waals surface area contributed by atoms with Gasteiger partial charge >= 0.3 is 0 Å². The molecular formula is C13H27NO. The zero-order valence-electron chi connectivity index (χ0n) is 11.0. The molecule has 0 saturated carbocycles. The molecule has 0 aromatic rings. The number of nitrogens with one attached hydrogen (secondary N) is 1. The van der Waals surface area contributed by atoms with Gasteiger partial charge in [0.05, 0.1) is 11.7 Å². The molecule has 0 aromatic carbocycles. The van der Waals surface area contributed by atoms with Gasteiger partial charge in [-0.1, -0.05) is 13.3 Å². The number of rotatable bonds is 5. The summed E-state index contributed by atoms with van der Waals surface area (Å²) < 4.78 is 5.96. The molecule has 1 fully saturated rings. The van der Waals surface area contributed by atoms with E-state index in [2.05, 4.69) is 39.9 Å². The summed E-state index contributed by atoms with van der Waals surface area (Å²) in [5, 5.41) is 3.61. The molecule has 2 heteroatoms. The van der Waals surface area contributed by atoms with Crippen molar-refractivity contribution in [2.24, 2.45) is 0 Å². The van der Waals surface area contributed by atoms with Gasteiger partial charge in [0.25, 0.3) is 0 Å². The SMILES string of the molecule is CCCC(C)(C)NCC1CCC(C)(C)O1. The summed E-state index contributed by atoms with van der Waals surface area (Å²) in [6, 6.07) is 0. The molecule has 0 aromatic heterocycles. The van der Waals surface area contributed by atoms with Gasteiger partial charge in [0, 0.05) is 12.1 Å². The quantitative estimate of drug-likeness (QED) is 0.757. The molecule has 15 heavy (non-hydrogen) atoms. The van der Waals surface area contributed by atoms with E-state index in [-0.39, 0.29) is 11.1 Å². The highest BCUT2D eigenvalue weighted by Crippen LogP contribution is 2.29. The highest BCUT2D eigenvalue weighted by Gasteiger charge is 2.32. The molecule has 0 amide bonds. The van der Waals surface area contributed by atoms with Crippen molar-refractivity contribution in [3.05, 3.63) is 0 Å². The van der Waals surface area contributed by atoms with Crippen LogP contribution in [0.25, 0.3) is 0 Å². The highest BCUT2D eigenvalue weighted by molar-refractivity contribution is 4.85. The van der Waals surface area contributed by atoms with Crippen LogP contribution in [-0.2, 0) is 4.74 Å². The first-order valence-electron chi connectivity index (χ1n) is 6.27. The molecule has 1 unspecified atom stereocenters. The normalized spacial score (nSPS) is 25.8. The van der Waals surface area contributed by atoms with E-state index in [1.807, 2.05) is 0 Å². The van der Waals surface area contributed by atoms with E-state index in [0.717, 1.165) is 6.54 Å². The van der Waals surface area contributed by atoms with Crippen LogP contribution in [0.4, 0.5) is 0 Å². The molecule has 2 nitrogen and oxygen atoms in total. The summed E-state index contributed by atoms with van der Waals surface area (Å²) >= 11 is 0. The first kappa shape index (κ1) is 13.0. The minimum atomic E-state index is 0.0985. The summed E-state index contributed by atoms with van der Waals surface area (Å²) in [7, 11) is 0. The van der Waals surface area contributed by atoms with E-state index in [0.29, 0.717) is 6.10 Å². The second kappa shape index (κ2) is 4.84. The van der Waals surface area contributed by atoms with Crippen molar-refractivity contribution in [1.82, 2.24) is 5.32 Å². The maximum Gasteiger partial charge on any atom is 0.0707 e. The second-order valence-corrected chi connectivity index (χ2v) is 6.05. The smallest absolute Gasteiger partial charge is 0.0707 e. The van der Waals surface area contributed by atoms with E-state index < -0.39 is 0 Å². The molecular weight excluding hydrogens is 186 g/mol. The minimum Gasteiger partial charge on any atom is -0.371 e. The van der Waals surface area contributed by atoms with Crippen molar-refractivity contribution in [3.8, 4) is 0 Å². The average molecular weight is 213 g/mol. The van der Waals surface area contributed by atoms with Crippen molar-refractivity contribution >= 4 is 0 Å². The molecule has 1 atom stereocenters. The van der Waals surface area contributed by atoms with Gasteiger partial charge in [-0.2, -0.15) is 0 Å². The maximum atomic E-state index is 5.96. The lowest BCUT2D eigenvalue weighted by molar-refractivity contribution is -0.0167. The standard InChI is InChI=1S/C13H27NO/c1-6-8-12(2,3)14-10-11-7-9-13(4,5)15-11/h11,14H,6-10H2,1-5H3. The molecule has 1 aliphatic heterocycles. The molecule has 1 heterocycles. The van der Waals surface area contributed by atoms with Crippen molar-refractivity contribution in [1.29, 1.82) is 0 Å². The fourth-order valence-corrected chi connectivity index (χ4v) is 2.32. The van der Waals surface area contributed by atoms with E-state index in [1.165, 1.54) is 25.7 Å². The molecule has 1 rings (SSSR count). The van der Waals surface area contributed by atoms with Crippen molar-refractivity contribution < 1.29 is 4.74 Å². The monoisotopic (exact) mass is 213 g/mol. The molecule has 0 aliphatic carbocycles. The second-order valence-electron chi connectivity index (χ2n) is 6.05. The Balaban J connectivity index is 2.26. The van der Waals surface area contributed by atoms with Gasteiger partial charge < -0.3 is 10.1 Å². The number of hydrogen-bond donors (Lipinski definition) is 1. The Morgan fingerprint density at radius 3 is 2.53 bits per heavy atom. The largest absolute Gasteiger partial charge is 0.371 e. The summed E-state index contributed by atoms with van der Waals surface area (Å²) in [6.07, 6.45) is 5.26. The Kier molecular flexibility index (Phi) is 4.19. The number of hydrogen-bond acceptors (Lipinski definition) is 2. The Morgan fingerprint density at radius 1 is 1.40 bits per heavy atom. The van der Waals surface area contributed by atoms with Crippen LogP contribution in [0, 0.1) is 0 Å². The minimum absolute atomic E-state index is 0.0985. The molecule has 0 spiro atoms. The van der Waals surface area contributed by atoms with Gasteiger partial charge in [0.1, 0.15) is 0 Å². The van der Waals surface area contributed by atoms with Crippen LogP contribution in [0.3, 0.4) is 0 Å². The highest BCUT2D eigenvalue weighted by atomic mass is 16.5. The van der Waals surface area contributed by atoms with Crippen LogP contribution in [0.2, 0.25) is 0 Å². The van der Waals surface area contributed by atoms with Crippen molar-refractivity contribution in [3.63, 3.8) is 0 Å². The third-order valence-corrected chi connectivity index (χ3v) is 3.24. The number of ether oxygens (including phenoxy) is 1. The van der Waals surface area contributed by atoms with Gasteiger partial charge in [0.2, 0.25) is 0 Å². The van der Waals surface area contributed by atoms with Gasteiger partial charge in [-0.25, -0.2) is 0 Å². The van der Waals surface area contributed by atoms with Crippen molar-refractivity contribution in [2.45, 2.75) is 77.5 Å². The van der Waals surface area contributed by atoms with Crippen LogP contribution in [0.5, 0.6) is 0 Å². The zero-order valence-corrected chi connectivity index (χ0v) is 11.0. The summed E-state index contributed by atoms with van der Waals surface area (Å²) in [5.41, 5.74) is 0.353. The maximum absolute atomic E-state index is 5.96. The fourth-order valence-electron chi connectivity index (χ4n) is 2.32. The predicted molar refractivity (Wildman–Crippen MR) is 65.2 cm³/mol. The van der Waals surface area contributed by atoms with Gasteiger partial charge in [-0.3, -0.25) is 0 Å². The van der Waals surface area contributed by atoms with Crippen LogP contribution in [0.1, 0.15) is 60.3 Å². The van der Waals surface area contributed by atoms with Gasteiger partial charge in [-0.05, 0) is 47.0 Å². The lowest BCUT2D eigenvalue weighted by Gasteiger charge is -2.28. The van der Waals surface area contributed by atoms with E-state index >= 15 is 0 Å². The van der Waals surface area contributed by atoms with Gasteiger partial charge in [-0.15, -0.1) is 0 Å². The van der Waals surface area contributed by atoms with Crippen LogP contribution in [0.15, 0.2) is 0 Å². The molecule has 1 saturated heterocycles.